The first-order valence-electron chi connectivity index (χ1n) is 12.9. The van der Waals surface area contributed by atoms with Crippen LogP contribution in [0.1, 0.15) is 25.0 Å². The van der Waals surface area contributed by atoms with Gasteiger partial charge in [0.2, 0.25) is 0 Å². The molecule has 7 rings (SSSR count). The number of hydrogen-bond acceptors (Lipinski definition) is 4. The van der Waals surface area contributed by atoms with Crippen LogP contribution in [0.25, 0.3) is 11.1 Å². The van der Waals surface area contributed by atoms with Gasteiger partial charge in [-0.3, -0.25) is 4.90 Å². The van der Waals surface area contributed by atoms with E-state index in [0.717, 1.165) is 17.2 Å². The van der Waals surface area contributed by atoms with Gasteiger partial charge in [-0.25, -0.2) is 4.98 Å². The molecule has 0 saturated heterocycles. The molecule has 0 bridgehead atoms. The van der Waals surface area contributed by atoms with Crippen molar-refractivity contribution >= 4 is 40.3 Å². The standard InChI is InChI=1S/C34H27N3S/c1-34(2)29-22-25(36-20-21-38-32-13-7-6-12-31(32)36)15-17-27(29)28-18-16-26(23-30(28)34)37(24-10-4-3-5-11-24)33-14-8-9-19-35-33/h3-23H,1-2H3. The van der Waals surface area contributed by atoms with Gasteiger partial charge >= 0.3 is 0 Å². The second-order valence-corrected chi connectivity index (χ2v) is 11.1. The predicted molar refractivity (Wildman–Crippen MR) is 160 cm³/mol. The first-order valence-corrected chi connectivity index (χ1v) is 13.8. The highest BCUT2D eigenvalue weighted by Gasteiger charge is 2.36. The zero-order chi connectivity index (χ0) is 25.7. The number of thioether (sulfide) groups is 1. The lowest BCUT2D eigenvalue weighted by atomic mass is 9.82. The minimum Gasteiger partial charge on any atom is -0.316 e. The maximum Gasteiger partial charge on any atom is 0.137 e. The van der Waals surface area contributed by atoms with Crippen LogP contribution in [0.4, 0.5) is 28.6 Å². The molecule has 1 aromatic heterocycles. The van der Waals surface area contributed by atoms with E-state index in [9.17, 15) is 0 Å². The van der Waals surface area contributed by atoms with Crippen molar-refractivity contribution in [3.8, 4) is 11.1 Å². The van der Waals surface area contributed by atoms with Crippen LogP contribution in [-0.2, 0) is 5.41 Å². The van der Waals surface area contributed by atoms with Gasteiger partial charge in [0.05, 0.1) is 5.69 Å². The van der Waals surface area contributed by atoms with Crippen molar-refractivity contribution in [2.75, 3.05) is 9.80 Å². The molecule has 0 spiro atoms. The number of pyridine rings is 1. The van der Waals surface area contributed by atoms with Gasteiger partial charge in [-0.2, -0.15) is 0 Å². The van der Waals surface area contributed by atoms with E-state index in [1.807, 2.05) is 18.3 Å². The molecule has 5 aromatic rings. The highest BCUT2D eigenvalue weighted by atomic mass is 32.2. The Morgan fingerprint density at radius 3 is 2.26 bits per heavy atom. The van der Waals surface area contributed by atoms with Gasteiger partial charge in [0.1, 0.15) is 5.82 Å². The predicted octanol–water partition coefficient (Wildman–Crippen LogP) is 9.57. The molecule has 0 unspecified atom stereocenters. The fourth-order valence-electron chi connectivity index (χ4n) is 5.70. The van der Waals surface area contributed by atoms with Crippen LogP contribution in [0.5, 0.6) is 0 Å². The Morgan fingerprint density at radius 2 is 1.45 bits per heavy atom. The first kappa shape index (κ1) is 22.9. The van der Waals surface area contributed by atoms with Crippen molar-refractivity contribution in [1.29, 1.82) is 0 Å². The molecular weight excluding hydrogens is 482 g/mol. The summed E-state index contributed by atoms with van der Waals surface area (Å²) >= 11 is 1.77. The fraction of sp³-hybridized carbons (Fsp3) is 0.0882. The van der Waals surface area contributed by atoms with Gasteiger partial charge < -0.3 is 4.90 Å². The van der Waals surface area contributed by atoms with E-state index in [1.165, 1.54) is 38.5 Å². The van der Waals surface area contributed by atoms with E-state index in [2.05, 4.69) is 132 Å². The molecule has 2 aliphatic rings. The maximum atomic E-state index is 4.70. The summed E-state index contributed by atoms with van der Waals surface area (Å²) in [7, 11) is 0. The van der Waals surface area contributed by atoms with Gasteiger partial charge in [0.25, 0.3) is 0 Å². The number of aromatic nitrogens is 1. The van der Waals surface area contributed by atoms with Gasteiger partial charge in [-0.15, -0.1) is 0 Å². The summed E-state index contributed by atoms with van der Waals surface area (Å²) in [6.07, 6.45) is 4.03. The number of para-hydroxylation sites is 2. The number of fused-ring (bicyclic) bond motifs is 4. The molecule has 0 N–H and O–H groups in total. The number of benzene rings is 4. The lowest BCUT2D eigenvalue weighted by Gasteiger charge is -2.29. The van der Waals surface area contributed by atoms with Crippen molar-refractivity contribution in [3.63, 3.8) is 0 Å². The topological polar surface area (TPSA) is 19.4 Å². The SMILES string of the molecule is CC1(C)c2cc(N3C=CSc4ccccc43)ccc2-c2ccc(N(c3ccccc3)c3ccccn3)cc21. The van der Waals surface area contributed by atoms with E-state index in [0.29, 0.717) is 0 Å². The average Bonchev–Trinajstić information content (AvgIpc) is 3.19. The van der Waals surface area contributed by atoms with Gasteiger partial charge in [0, 0.05) is 39.8 Å². The quantitative estimate of drug-likeness (QED) is 0.240. The Bertz CT molecular complexity index is 1640. The molecule has 4 aromatic carbocycles. The second-order valence-electron chi connectivity index (χ2n) is 10.2. The lowest BCUT2D eigenvalue weighted by Crippen LogP contribution is -2.18. The fourth-order valence-corrected chi connectivity index (χ4v) is 6.48. The summed E-state index contributed by atoms with van der Waals surface area (Å²) in [6.45, 7) is 4.68. The number of nitrogens with zero attached hydrogens (tertiary/aromatic N) is 3. The summed E-state index contributed by atoms with van der Waals surface area (Å²) in [5.74, 6) is 0.905. The summed E-state index contributed by atoms with van der Waals surface area (Å²) in [5.41, 5.74) is 9.79. The molecule has 2 heterocycles. The van der Waals surface area contributed by atoms with Crippen LogP contribution in [0.2, 0.25) is 0 Å². The van der Waals surface area contributed by atoms with Crippen molar-refractivity contribution < 1.29 is 0 Å². The number of rotatable bonds is 4. The second kappa shape index (κ2) is 8.93. The van der Waals surface area contributed by atoms with E-state index >= 15 is 0 Å². The van der Waals surface area contributed by atoms with Crippen LogP contribution in [-0.4, -0.2) is 4.98 Å². The van der Waals surface area contributed by atoms with Crippen LogP contribution >= 0.6 is 11.8 Å². The van der Waals surface area contributed by atoms with Crippen molar-refractivity contribution in [2.45, 2.75) is 24.2 Å². The summed E-state index contributed by atoms with van der Waals surface area (Å²) in [6, 6.07) is 38.9. The molecule has 4 heteroatoms. The van der Waals surface area contributed by atoms with Gasteiger partial charge in [0.15, 0.2) is 0 Å². The zero-order valence-electron chi connectivity index (χ0n) is 21.4. The third-order valence-electron chi connectivity index (χ3n) is 7.60. The van der Waals surface area contributed by atoms with E-state index < -0.39 is 0 Å². The molecular formula is C34H27N3S. The highest BCUT2D eigenvalue weighted by molar-refractivity contribution is 8.02. The molecule has 1 aliphatic carbocycles. The third-order valence-corrected chi connectivity index (χ3v) is 8.46. The minimum atomic E-state index is -0.142. The van der Waals surface area contributed by atoms with Crippen LogP contribution in [0.3, 0.4) is 0 Å². The van der Waals surface area contributed by atoms with Crippen LogP contribution in [0, 0.1) is 0 Å². The Balaban J connectivity index is 1.32. The molecule has 0 atom stereocenters. The molecule has 0 radical (unpaired) electrons. The Hall–Kier alpha value is -4.28. The zero-order valence-corrected chi connectivity index (χ0v) is 22.2. The molecule has 0 saturated carbocycles. The molecule has 0 fully saturated rings. The minimum absolute atomic E-state index is 0.142. The smallest absolute Gasteiger partial charge is 0.137 e. The lowest BCUT2D eigenvalue weighted by molar-refractivity contribution is 0.660. The summed E-state index contributed by atoms with van der Waals surface area (Å²) in [5, 5.41) is 2.16. The molecule has 0 amide bonds. The van der Waals surface area contributed by atoms with Gasteiger partial charge in [-0.05, 0) is 88.3 Å². The van der Waals surface area contributed by atoms with Crippen LogP contribution < -0.4 is 9.80 Å². The van der Waals surface area contributed by atoms with E-state index in [4.69, 9.17) is 4.98 Å². The molecule has 184 valence electrons. The normalized spacial score (nSPS) is 14.5. The Morgan fingerprint density at radius 1 is 0.711 bits per heavy atom. The van der Waals surface area contributed by atoms with Crippen molar-refractivity contribution in [1.82, 2.24) is 4.98 Å². The summed E-state index contributed by atoms with van der Waals surface area (Å²) in [4.78, 5) is 10.5. The monoisotopic (exact) mass is 509 g/mol. The van der Waals surface area contributed by atoms with E-state index in [1.54, 1.807) is 11.8 Å². The largest absolute Gasteiger partial charge is 0.316 e. The average molecular weight is 510 g/mol. The number of anilines is 5. The maximum absolute atomic E-state index is 4.70. The van der Waals surface area contributed by atoms with E-state index in [-0.39, 0.29) is 5.41 Å². The number of hydrogen-bond donors (Lipinski definition) is 0. The summed E-state index contributed by atoms with van der Waals surface area (Å²) < 4.78 is 0. The highest BCUT2D eigenvalue weighted by Crippen LogP contribution is 2.52. The molecule has 3 nitrogen and oxygen atoms in total. The van der Waals surface area contributed by atoms with Crippen molar-refractivity contribution in [3.05, 3.63) is 138 Å². The Labute approximate surface area is 228 Å². The van der Waals surface area contributed by atoms with Crippen LogP contribution in [0.15, 0.2) is 132 Å². The molecule has 1 aliphatic heterocycles. The van der Waals surface area contributed by atoms with Crippen molar-refractivity contribution in [2.24, 2.45) is 0 Å². The third kappa shape index (κ3) is 3.64. The van der Waals surface area contributed by atoms with Gasteiger partial charge in [-0.1, -0.05) is 74.1 Å². The first-order chi connectivity index (χ1) is 18.6. The Kier molecular flexibility index (Phi) is 5.38. The molecule has 38 heavy (non-hydrogen) atoms.